The van der Waals surface area contributed by atoms with Crippen LogP contribution in [0.4, 0.5) is 4.39 Å². The van der Waals surface area contributed by atoms with E-state index in [-0.39, 0.29) is 12.4 Å². The summed E-state index contributed by atoms with van der Waals surface area (Å²) in [6.07, 6.45) is 0. The fourth-order valence-corrected chi connectivity index (χ4v) is 1.26. The summed E-state index contributed by atoms with van der Waals surface area (Å²) in [6.45, 7) is 5.67. The molecule has 1 aromatic rings. The summed E-state index contributed by atoms with van der Waals surface area (Å²) in [7, 11) is 0. The average Bonchev–Trinajstić information content (AvgIpc) is 2.08. The number of hydrogen-bond donors (Lipinski definition) is 1. The van der Waals surface area contributed by atoms with Gasteiger partial charge in [-0.05, 0) is 24.6 Å². The first-order valence-electron chi connectivity index (χ1n) is 3.96. The molecule has 0 unspecified atom stereocenters. The number of aromatic hydroxyl groups is 1. The van der Waals surface area contributed by atoms with Crippen LogP contribution in [0.1, 0.15) is 6.92 Å². The van der Waals surface area contributed by atoms with Crippen molar-refractivity contribution in [2.75, 3.05) is 6.61 Å². The molecule has 14 heavy (non-hydrogen) atoms. The molecular weight excluding hydrogens is 251 g/mol. The van der Waals surface area contributed by atoms with Crippen LogP contribution in [0.5, 0.6) is 11.5 Å². The third kappa shape index (κ3) is 2.73. The minimum Gasteiger partial charge on any atom is -0.502 e. The Balaban J connectivity index is 2.90. The molecule has 0 bridgehead atoms. The van der Waals surface area contributed by atoms with Gasteiger partial charge in [0.25, 0.3) is 0 Å². The number of rotatable bonds is 3. The number of hydrogen-bond acceptors (Lipinski definition) is 2. The van der Waals surface area contributed by atoms with Gasteiger partial charge < -0.3 is 9.84 Å². The van der Waals surface area contributed by atoms with Gasteiger partial charge >= 0.3 is 0 Å². The molecule has 0 aliphatic rings. The average molecular weight is 261 g/mol. The number of phenolic OH excluding ortho intramolecular Hbond substituents is 1. The largest absolute Gasteiger partial charge is 0.502 e. The van der Waals surface area contributed by atoms with Gasteiger partial charge in [-0.2, -0.15) is 0 Å². The van der Waals surface area contributed by atoms with Gasteiger partial charge in [0.15, 0.2) is 17.3 Å². The molecule has 0 fully saturated rings. The minimum atomic E-state index is -0.712. The van der Waals surface area contributed by atoms with Gasteiger partial charge in [-0.15, -0.1) is 0 Å². The lowest BCUT2D eigenvalue weighted by atomic mass is 10.3. The molecule has 0 aliphatic heterocycles. The van der Waals surface area contributed by atoms with Gasteiger partial charge in [0.05, 0.1) is 0 Å². The number of benzene rings is 1. The fraction of sp³-hybridized carbons (Fsp3) is 0.200. The standard InChI is InChI=1S/C10H10BrFO2/c1-6(2)5-14-9-4-7(11)3-8(12)10(9)13/h3-4,13H,1,5H2,2H3. The summed E-state index contributed by atoms with van der Waals surface area (Å²) >= 11 is 3.10. The molecule has 76 valence electrons. The Labute approximate surface area is 90.1 Å². The zero-order valence-electron chi connectivity index (χ0n) is 7.68. The van der Waals surface area contributed by atoms with Crippen LogP contribution >= 0.6 is 15.9 Å². The van der Waals surface area contributed by atoms with Crippen molar-refractivity contribution < 1.29 is 14.2 Å². The zero-order valence-corrected chi connectivity index (χ0v) is 9.27. The molecule has 0 aliphatic carbocycles. The Morgan fingerprint density at radius 2 is 2.29 bits per heavy atom. The highest BCUT2D eigenvalue weighted by molar-refractivity contribution is 9.10. The minimum absolute atomic E-state index is 0.111. The Hall–Kier alpha value is -1.03. The van der Waals surface area contributed by atoms with Crippen molar-refractivity contribution in [1.82, 2.24) is 0 Å². The smallest absolute Gasteiger partial charge is 0.194 e. The number of halogens is 2. The molecule has 0 radical (unpaired) electrons. The second kappa shape index (κ2) is 4.46. The number of ether oxygens (including phenoxy) is 1. The van der Waals surface area contributed by atoms with E-state index in [0.29, 0.717) is 4.47 Å². The molecule has 0 spiro atoms. The highest BCUT2D eigenvalue weighted by Crippen LogP contribution is 2.32. The van der Waals surface area contributed by atoms with Crippen molar-refractivity contribution in [2.45, 2.75) is 6.92 Å². The summed E-state index contributed by atoms with van der Waals surface area (Å²) in [4.78, 5) is 0. The predicted molar refractivity (Wildman–Crippen MR) is 56.1 cm³/mol. The van der Waals surface area contributed by atoms with Crippen molar-refractivity contribution in [3.05, 3.63) is 34.6 Å². The topological polar surface area (TPSA) is 29.5 Å². The maximum atomic E-state index is 13.0. The van der Waals surface area contributed by atoms with Crippen molar-refractivity contribution in [3.63, 3.8) is 0 Å². The predicted octanol–water partition coefficient (Wildman–Crippen LogP) is 3.25. The van der Waals surface area contributed by atoms with Crippen LogP contribution in [-0.2, 0) is 0 Å². The highest BCUT2D eigenvalue weighted by Gasteiger charge is 2.09. The van der Waals surface area contributed by atoms with E-state index in [1.54, 1.807) is 6.92 Å². The third-order valence-corrected chi connectivity index (χ3v) is 1.93. The molecule has 0 aromatic heterocycles. The van der Waals surface area contributed by atoms with Crippen LogP contribution in [0.3, 0.4) is 0 Å². The summed E-state index contributed by atoms with van der Waals surface area (Å²) in [5.41, 5.74) is 0.796. The van der Waals surface area contributed by atoms with E-state index in [4.69, 9.17) is 4.74 Å². The lowest BCUT2D eigenvalue weighted by Gasteiger charge is -2.08. The Bertz CT molecular complexity index is 363. The first-order valence-corrected chi connectivity index (χ1v) is 4.75. The van der Waals surface area contributed by atoms with Crippen LogP contribution in [0.2, 0.25) is 0 Å². The lowest BCUT2D eigenvalue weighted by molar-refractivity contribution is 0.319. The number of phenols is 1. The van der Waals surface area contributed by atoms with E-state index in [9.17, 15) is 9.50 Å². The molecule has 4 heteroatoms. The third-order valence-electron chi connectivity index (χ3n) is 1.47. The van der Waals surface area contributed by atoms with E-state index in [0.717, 1.165) is 5.57 Å². The maximum absolute atomic E-state index is 13.0. The van der Waals surface area contributed by atoms with Gasteiger partial charge in [-0.3, -0.25) is 0 Å². The van der Waals surface area contributed by atoms with Gasteiger partial charge in [0.1, 0.15) is 6.61 Å². The fourth-order valence-electron chi connectivity index (χ4n) is 0.853. The van der Waals surface area contributed by atoms with E-state index in [1.165, 1.54) is 12.1 Å². The summed E-state index contributed by atoms with van der Waals surface area (Å²) in [5, 5.41) is 9.28. The van der Waals surface area contributed by atoms with Crippen LogP contribution in [-0.4, -0.2) is 11.7 Å². The van der Waals surface area contributed by atoms with Crippen molar-refractivity contribution >= 4 is 15.9 Å². The SMILES string of the molecule is C=C(C)COc1cc(Br)cc(F)c1O. The monoisotopic (exact) mass is 260 g/mol. The van der Waals surface area contributed by atoms with E-state index in [1.807, 2.05) is 0 Å². The van der Waals surface area contributed by atoms with Gasteiger partial charge in [-0.25, -0.2) is 4.39 Å². The van der Waals surface area contributed by atoms with Crippen LogP contribution in [0, 0.1) is 5.82 Å². The van der Waals surface area contributed by atoms with Gasteiger partial charge in [0, 0.05) is 4.47 Å². The van der Waals surface area contributed by atoms with Gasteiger partial charge in [-0.1, -0.05) is 22.5 Å². The first kappa shape index (κ1) is 11.0. The Morgan fingerprint density at radius 3 is 2.86 bits per heavy atom. The van der Waals surface area contributed by atoms with E-state index < -0.39 is 11.6 Å². The Kier molecular flexibility index (Phi) is 3.52. The lowest BCUT2D eigenvalue weighted by Crippen LogP contribution is -1.98. The van der Waals surface area contributed by atoms with Crippen LogP contribution in [0.15, 0.2) is 28.8 Å². The molecule has 0 amide bonds. The molecule has 0 saturated carbocycles. The van der Waals surface area contributed by atoms with Crippen molar-refractivity contribution in [3.8, 4) is 11.5 Å². The molecule has 0 atom stereocenters. The maximum Gasteiger partial charge on any atom is 0.194 e. The molecule has 0 heterocycles. The second-order valence-corrected chi connectivity index (χ2v) is 3.90. The first-order chi connectivity index (χ1) is 6.50. The molecule has 1 aromatic carbocycles. The van der Waals surface area contributed by atoms with E-state index in [2.05, 4.69) is 22.5 Å². The normalized spacial score (nSPS) is 9.93. The van der Waals surface area contributed by atoms with Crippen molar-refractivity contribution in [2.24, 2.45) is 0 Å². The Morgan fingerprint density at radius 1 is 1.64 bits per heavy atom. The second-order valence-electron chi connectivity index (χ2n) is 2.98. The summed E-state index contributed by atoms with van der Waals surface area (Å²) in [6, 6.07) is 2.67. The van der Waals surface area contributed by atoms with Crippen molar-refractivity contribution in [1.29, 1.82) is 0 Å². The highest BCUT2D eigenvalue weighted by atomic mass is 79.9. The van der Waals surface area contributed by atoms with Crippen LogP contribution in [0.25, 0.3) is 0 Å². The summed E-state index contributed by atoms with van der Waals surface area (Å²) < 4.78 is 18.6. The van der Waals surface area contributed by atoms with Gasteiger partial charge in [0.2, 0.25) is 0 Å². The zero-order chi connectivity index (χ0) is 10.7. The quantitative estimate of drug-likeness (QED) is 0.846. The summed E-state index contributed by atoms with van der Waals surface area (Å²) in [5.74, 6) is -1.08. The molecule has 1 rings (SSSR count). The molecule has 2 nitrogen and oxygen atoms in total. The van der Waals surface area contributed by atoms with Crippen LogP contribution < -0.4 is 4.74 Å². The molecule has 1 N–H and O–H groups in total. The molecular formula is C10H10BrFO2. The molecule has 0 saturated heterocycles. The van der Waals surface area contributed by atoms with E-state index >= 15 is 0 Å².